The number of nitrogens with one attached hydrogen (secondary N) is 2. The highest BCUT2D eigenvalue weighted by molar-refractivity contribution is 5.79. The first kappa shape index (κ1) is 21.5. The van der Waals surface area contributed by atoms with Gasteiger partial charge in [-0.1, -0.05) is 18.2 Å². The molecular weight excluding hydrogens is 336 g/mol. The van der Waals surface area contributed by atoms with Gasteiger partial charge in [-0.3, -0.25) is 4.99 Å². The van der Waals surface area contributed by atoms with Crippen LogP contribution in [0.25, 0.3) is 0 Å². The number of nitrogens with zero attached hydrogens (tertiary/aromatic N) is 4. The van der Waals surface area contributed by atoms with Gasteiger partial charge in [0.15, 0.2) is 5.96 Å². The molecule has 0 saturated carbocycles. The second-order valence-corrected chi connectivity index (χ2v) is 7.19. The second kappa shape index (κ2) is 12.6. The molecule has 2 N–H and O–H groups in total. The van der Waals surface area contributed by atoms with Gasteiger partial charge in [-0.15, -0.1) is 0 Å². The summed E-state index contributed by atoms with van der Waals surface area (Å²) in [6.45, 7) is 12.0. The van der Waals surface area contributed by atoms with E-state index < -0.39 is 0 Å². The Morgan fingerprint density at radius 2 is 1.85 bits per heavy atom. The van der Waals surface area contributed by atoms with Gasteiger partial charge in [-0.05, 0) is 52.0 Å². The van der Waals surface area contributed by atoms with Gasteiger partial charge < -0.3 is 25.3 Å². The molecule has 0 amide bonds. The van der Waals surface area contributed by atoms with Crippen molar-refractivity contribution in [2.24, 2.45) is 4.99 Å². The molecule has 6 heteroatoms. The first-order valence-corrected chi connectivity index (χ1v) is 10.4. The van der Waals surface area contributed by atoms with Crippen molar-refractivity contribution in [2.75, 3.05) is 77.9 Å². The van der Waals surface area contributed by atoms with Crippen molar-refractivity contribution in [3.63, 3.8) is 0 Å². The Balaban J connectivity index is 1.61. The number of aliphatic imine (C=N–C) groups is 1. The van der Waals surface area contributed by atoms with Gasteiger partial charge in [0, 0.05) is 58.5 Å². The minimum Gasteiger partial charge on any atom is -0.372 e. The average Bonchev–Trinajstić information content (AvgIpc) is 2.91. The van der Waals surface area contributed by atoms with E-state index in [9.17, 15) is 0 Å². The quantitative estimate of drug-likeness (QED) is 0.391. The Morgan fingerprint density at radius 3 is 2.59 bits per heavy atom. The minimum atomic E-state index is 0.907. The molecule has 0 unspecified atom stereocenters. The molecule has 1 fully saturated rings. The summed E-state index contributed by atoms with van der Waals surface area (Å²) in [5.74, 6) is 0.907. The Kier molecular flexibility index (Phi) is 10.0. The lowest BCUT2D eigenvalue weighted by Gasteiger charge is -2.23. The molecule has 1 aromatic carbocycles. The lowest BCUT2D eigenvalue weighted by Crippen LogP contribution is -2.43. The number of likely N-dealkylation sites (N-methyl/N-ethyl adjacent to an activating group) is 1. The topological polar surface area (TPSA) is 46.1 Å². The van der Waals surface area contributed by atoms with Gasteiger partial charge in [0.05, 0.1) is 0 Å². The maximum atomic E-state index is 4.35. The SMILES string of the molecule is CCN(CCCNC(=NC)NCCN1CCCN(C)CC1)c1ccccc1. The van der Waals surface area contributed by atoms with Crippen molar-refractivity contribution in [2.45, 2.75) is 19.8 Å². The molecule has 0 spiro atoms. The lowest BCUT2D eigenvalue weighted by molar-refractivity contribution is 0.280. The van der Waals surface area contributed by atoms with Crippen LogP contribution >= 0.6 is 0 Å². The maximum Gasteiger partial charge on any atom is 0.191 e. The van der Waals surface area contributed by atoms with Crippen molar-refractivity contribution in [1.82, 2.24) is 20.4 Å². The summed E-state index contributed by atoms with van der Waals surface area (Å²) >= 11 is 0. The fraction of sp³-hybridized carbons (Fsp3) is 0.667. The smallest absolute Gasteiger partial charge is 0.191 e. The molecule has 1 aromatic rings. The lowest BCUT2D eigenvalue weighted by atomic mass is 10.2. The monoisotopic (exact) mass is 374 g/mol. The number of rotatable bonds is 9. The first-order valence-electron chi connectivity index (χ1n) is 10.4. The maximum absolute atomic E-state index is 4.35. The van der Waals surface area contributed by atoms with Crippen molar-refractivity contribution in [3.05, 3.63) is 30.3 Å². The van der Waals surface area contributed by atoms with E-state index in [4.69, 9.17) is 0 Å². The molecule has 0 atom stereocenters. The summed E-state index contributed by atoms with van der Waals surface area (Å²) in [6.07, 6.45) is 2.35. The van der Waals surface area contributed by atoms with Gasteiger partial charge in [-0.2, -0.15) is 0 Å². The predicted octanol–water partition coefficient (Wildman–Crippen LogP) is 1.71. The molecule has 0 bridgehead atoms. The zero-order chi connectivity index (χ0) is 19.3. The van der Waals surface area contributed by atoms with E-state index >= 15 is 0 Å². The number of guanidine groups is 1. The third-order valence-corrected chi connectivity index (χ3v) is 5.16. The number of hydrogen-bond donors (Lipinski definition) is 2. The fourth-order valence-corrected chi connectivity index (χ4v) is 3.46. The molecule has 6 nitrogen and oxygen atoms in total. The highest BCUT2D eigenvalue weighted by atomic mass is 15.2. The van der Waals surface area contributed by atoms with Crippen molar-refractivity contribution in [1.29, 1.82) is 0 Å². The van der Waals surface area contributed by atoms with Crippen molar-refractivity contribution in [3.8, 4) is 0 Å². The first-order chi connectivity index (χ1) is 13.2. The highest BCUT2D eigenvalue weighted by Gasteiger charge is 2.11. The zero-order valence-corrected chi connectivity index (χ0v) is 17.5. The number of anilines is 1. The molecule has 0 aromatic heterocycles. The van der Waals surface area contributed by atoms with Gasteiger partial charge in [0.1, 0.15) is 0 Å². The van der Waals surface area contributed by atoms with E-state index in [2.05, 4.69) is 74.6 Å². The van der Waals surface area contributed by atoms with E-state index in [1.807, 2.05) is 7.05 Å². The van der Waals surface area contributed by atoms with Crippen LogP contribution in [-0.4, -0.2) is 88.8 Å². The van der Waals surface area contributed by atoms with E-state index in [0.717, 1.165) is 51.6 Å². The Bertz CT molecular complexity index is 533. The third kappa shape index (κ3) is 8.18. The van der Waals surface area contributed by atoms with Crippen LogP contribution in [0.15, 0.2) is 35.3 Å². The molecule has 1 heterocycles. The van der Waals surface area contributed by atoms with Crippen LogP contribution in [0.2, 0.25) is 0 Å². The van der Waals surface area contributed by atoms with Gasteiger partial charge in [-0.25, -0.2) is 0 Å². The average molecular weight is 375 g/mol. The van der Waals surface area contributed by atoms with Crippen LogP contribution in [0, 0.1) is 0 Å². The van der Waals surface area contributed by atoms with Crippen molar-refractivity contribution < 1.29 is 0 Å². The van der Waals surface area contributed by atoms with Crippen LogP contribution in [0.3, 0.4) is 0 Å². The molecule has 1 saturated heterocycles. The molecular formula is C21H38N6. The summed E-state index contributed by atoms with van der Waals surface area (Å²) in [5, 5.41) is 6.90. The zero-order valence-electron chi connectivity index (χ0n) is 17.5. The molecule has 1 aliphatic heterocycles. The molecule has 0 aliphatic carbocycles. The highest BCUT2D eigenvalue weighted by Crippen LogP contribution is 2.12. The van der Waals surface area contributed by atoms with Gasteiger partial charge in [0.2, 0.25) is 0 Å². The second-order valence-electron chi connectivity index (χ2n) is 7.19. The van der Waals surface area contributed by atoms with Crippen molar-refractivity contribution >= 4 is 11.6 Å². The van der Waals surface area contributed by atoms with Crippen LogP contribution < -0.4 is 15.5 Å². The van der Waals surface area contributed by atoms with Crippen LogP contribution in [0.4, 0.5) is 5.69 Å². The summed E-state index contributed by atoms with van der Waals surface area (Å²) < 4.78 is 0. The number of benzene rings is 1. The molecule has 1 aliphatic rings. The molecule has 0 radical (unpaired) electrons. The summed E-state index contributed by atoms with van der Waals surface area (Å²) in [7, 11) is 4.06. The Hall–Kier alpha value is -1.79. The standard InChI is InChI=1S/C21H38N6/c1-4-27(20-10-6-5-7-11-20)16-8-12-23-21(22-2)24-13-17-26-15-9-14-25(3)18-19-26/h5-7,10-11H,4,8-9,12-19H2,1-3H3,(H2,22,23,24). The Labute approximate surface area is 165 Å². The number of hydrogen-bond acceptors (Lipinski definition) is 4. The van der Waals surface area contributed by atoms with E-state index in [1.165, 1.54) is 31.7 Å². The summed E-state index contributed by atoms with van der Waals surface area (Å²) in [6, 6.07) is 10.6. The molecule has 27 heavy (non-hydrogen) atoms. The van der Waals surface area contributed by atoms with Crippen LogP contribution in [-0.2, 0) is 0 Å². The van der Waals surface area contributed by atoms with Gasteiger partial charge >= 0.3 is 0 Å². The number of para-hydroxylation sites is 1. The normalized spacial score (nSPS) is 16.8. The summed E-state index contributed by atoms with van der Waals surface area (Å²) in [4.78, 5) is 11.7. The molecule has 152 valence electrons. The Morgan fingerprint density at radius 1 is 1.07 bits per heavy atom. The predicted molar refractivity (Wildman–Crippen MR) is 117 cm³/mol. The van der Waals surface area contributed by atoms with Crippen LogP contribution in [0.5, 0.6) is 0 Å². The fourth-order valence-electron chi connectivity index (χ4n) is 3.46. The van der Waals surface area contributed by atoms with Gasteiger partial charge in [0.25, 0.3) is 0 Å². The minimum absolute atomic E-state index is 0.907. The summed E-state index contributed by atoms with van der Waals surface area (Å²) in [5.41, 5.74) is 1.30. The molecule has 2 rings (SSSR count). The third-order valence-electron chi connectivity index (χ3n) is 5.16. The van der Waals surface area contributed by atoms with Crippen LogP contribution in [0.1, 0.15) is 19.8 Å². The van der Waals surface area contributed by atoms with E-state index in [1.54, 1.807) is 0 Å². The van der Waals surface area contributed by atoms with E-state index in [0.29, 0.717) is 0 Å². The van der Waals surface area contributed by atoms with E-state index in [-0.39, 0.29) is 0 Å². The largest absolute Gasteiger partial charge is 0.372 e.